The molecule has 2 N–H and O–H groups in total. The van der Waals surface area contributed by atoms with Crippen LogP contribution in [0.25, 0.3) is 0 Å². The molecule has 1 saturated heterocycles. The van der Waals surface area contributed by atoms with Gasteiger partial charge in [-0.1, -0.05) is 23.7 Å². The summed E-state index contributed by atoms with van der Waals surface area (Å²) in [5.74, 6) is 0. The Labute approximate surface area is 115 Å². The number of benzene rings is 1. The van der Waals surface area contributed by atoms with Gasteiger partial charge in [-0.25, -0.2) is 0 Å². The van der Waals surface area contributed by atoms with E-state index in [-0.39, 0.29) is 0 Å². The normalized spacial score (nSPS) is 20.8. The van der Waals surface area contributed by atoms with Crippen LogP contribution in [0.2, 0.25) is 5.02 Å². The molecule has 0 saturated carbocycles. The third kappa shape index (κ3) is 3.23. The van der Waals surface area contributed by atoms with Gasteiger partial charge in [0, 0.05) is 37.2 Å². The molecular weight excluding hydrogens is 246 g/mol. The van der Waals surface area contributed by atoms with E-state index in [4.69, 9.17) is 17.3 Å². The summed E-state index contributed by atoms with van der Waals surface area (Å²) in [6.45, 7) is 3.76. The van der Waals surface area contributed by atoms with Crippen LogP contribution in [0, 0.1) is 0 Å². The minimum absolute atomic E-state index is 0.548. The van der Waals surface area contributed by atoms with E-state index in [1.807, 2.05) is 6.07 Å². The monoisotopic (exact) mass is 267 g/mol. The maximum Gasteiger partial charge on any atom is 0.0454 e. The quantitative estimate of drug-likeness (QED) is 0.905. The van der Waals surface area contributed by atoms with Gasteiger partial charge in [0.25, 0.3) is 0 Å². The minimum Gasteiger partial charge on any atom is -0.326 e. The Morgan fingerprint density at radius 1 is 1.44 bits per heavy atom. The molecule has 1 atom stereocenters. The van der Waals surface area contributed by atoms with E-state index >= 15 is 0 Å². The van der Waals surface area contributed by atoms with Crippen molar-refractivity contribution in [3.05, 3.63) is 34.3 Å². The molecule has 2 rings (SSSR count). The molecule has 1 unspecified atom stereocenters. The fourth-order valence-corrected chi connectivity index (χ4v) is 2.73. The van der Waals surface area contributed by atoms with Crippen LogP contribution in [0.1, 0.15) is 17.5 Å². The Bertz CT molecular complexity index is 406. The molecule has 4 heteroatoms. The number of nitrogens with zero attached hydrogens (tertiary/aromatic N) is 2. The van der Waals surface area contributed by atoms with E-state index in [1.165, 1.54) is 12.0 Å². The molecule has 1 fully saturated rings. The molecule has 1 heterocycles. The Kier molecular flexibility index (Phi) is 4.62. The van der Waals surface area contributed by atoms with Crippen molar-refractivity contribution >= 4 is 11.6 Å². The predicted molar refractivity (Wildman–Crippen MR) is 76.7 cm³/mol. The Morgan fingerprint density at radius 3 is 2.78 bits per heavy atom. The van der Waals surface area contributed by atoms with Crippen molar-refractivity contribution in [1.82, 2.24) is 9.80 Å². The summed E-state index contributed by atoms with van der Waals surface area (Å²) in [7, 11) is 4.30. The van der Waals surface area contributed by atoms with E-state index in [1.54, 1.807) is 0 Å². The van der Waals surface area contributed by atoms with Gasteiger partial charge in [0.15, 0.2) is 0 Å². The minimum atomic E-state index is 0.548. The second-order valence-corrected chi connectivity index (χ2v) is 5.68. The zero-order valence-corrected chi connectivity index (χ0v) is 12.0. The molecule has 0 bridgehead atoms. The molecule has 1 aromatic rings. The summed E-state index contributed by atoms with van der Waals surface area (Å²) in [6, 6.07) is 6.83. The first-order chi connectivity index (χ1) is 8.60. The lowest BCUT2D eigenvalue weighted by Crippen LogP contribution is -2.31. The lowest BCUT2D eigenvalue weighted by atomic mass is 10.1. The standard InChI is InChI=1S/C14H22ClN3/c1-17(2)13-5-6-18(10-13)9-12-4-3-11(8-16)7-14(12)15/h3-4,7,13H,5-6,8-10,16H2,1-2H3. The van der Waals surface area contributed by atoms with E-state index in [9.17, 15) is 0 Å². The highest BCUT2D eigenvalue weighted by Gasteiger charge is 2.24. The average Bonchev–Trinajstić information content (AvgIpc) is 2.80. The second-order valence-electron chi connectivity index (χ2n) is 5.27. The fraction of sp³-hybridized carbons (Fsp3) is 0.571. The third-order valence-corrected chi connectivity index (χ3v) is 4.08. The summed E-state index contributed by atoms with van der Waals surface area (Å²) >= 11 is 6.29. The maximum atomic E-state index is 6.29. The van der Waals surface area contributed by atoms with Crippen LogP contribution in [-0.2, 0) is 13.1 Å². The van der Waals surface area contributed by atoms with Gasteiger partial charge in [-0.05, 0) is 37.7 Å². The first kappa shape index (κ1) is 13.8. The maximum absolute atomic E-state index is 6.29. The van der Waals surface area contributed by atoms with Gasteiger partial charge in [0.05, 0.1) is 0 Å². The smallest absolute Gasteiger partial charge is 0.0454 e. The number of hydrogen-bond donors (Lipinski definition) is 1. The first-order valence-electron chi connectivity index (χ1n) is 6.46. The summed E-state index contributed by atoms with van der Waals surface area (Å²) < 4.78 is 0. The number of nitrogens with two attached hydrogens (primary N) is 1. The van der Waals surface area contributed by atoms with Gasteiger partial charge in [0.2, 0.25) is 0 Å². The van der Waals surface area contributed by atoms with Crippen molar-refractivity contribution < 1.29 is 0 Å². The number of likely N-dealkylation sites (N-methyl/N-ethyl adjacent to an activating group) is 1. The van der Waals surface area contributed by atoms with Gasteiger partial charge in [-0.15, -0.1) is 0 Å². The van der Waals surface area contributed by atoms with Crippen molar-refractivity contribution in [2.75, 3.05) is 27.2 Å². The van der Waals surface area contributed by atoms with Gasteiger partial charge < -0.3 is 10.6 Å². The highest BCUT2D eigenvalue weighted by molar-refractivity contribution is 6.31. The zero-order valence-electron chi connectivity index (χ0n) is 11.2. The van der Waals surface area contributed by atoms with Crippen molar-refractivity contribution in [3.63, 3.8) is 0 Å². The molecule has 0 aliphatic carbocycles. The first-order valence-corrected chi connectivity index (χ1v) is 6.84. The molecule has 3 nitrogen and oxygen atoms in total. The van der Waals surface area contributed by atoms with E-state index in [2.05, 4.69) is 36.0 Å². The third-order valence-electron chi connectivity index (χ3n) is 3.72. The zero-order chi connectivity index (χ0) is 13.1. The van der Waals surface area contributed by atoms with Crippen LogP contribution in [0.3, 0.4) is 0 Å². The Morgan fingerprint density at radius 2 is 2.22 bits per heavy atom. The van der Waals surface area contributed by atoms with Crippen LogP contribution in [-0.4, -0.2) is 43.0 Å². The van der Waals surface area contributed by atoms with E-state index < -0.39 is 0 Å². The van der Waals surface area contributed by atoms with Crippen molar-refractivity contribution in [2.24, 2.45) is 5.73 Å². The van der Waals surface area contributed by atoms with Crippen LogP contribution in [0.15, 0.2) is 18.2 Å². The van der Waals surface area contributed by atoms with Crippen LogP contribution in [0.5, 0.6) is 0 Å². The Hall–Kier alpha value is -0.610. The molecule has 0 aromatic heterocycles. The number of hydrogen-bond acceptors (Lipinski definition) is 3. The van der Waals surface area contributed by atoms with Crippen molar-refractivity contribution in [2.45, 2.75) is 25.6 Å². The molecule has 0 radical (unpaired) electrons. The van der Waals surface area contributed by atoms with Crippen LogP contribution >= 0.6 is 11.6 Å². The molecule has 1 aromatic carbocycles. The lowest BCUT2D eigenvalue weighted by molar-refractivity contribution is 0.264. The second kappa shape index (κ2) is 6.02. The summed E-state index contributed by atoms with van der Waals surface area (Å²) in [4.78, 5) is 4.77. The SMILES string of the molecule is CN(C)C1CCN(Cc2ccc(CN)cc2Cl)C1. The molecule has 18 heavy (non-hydrogen) atoms. The molecule has 1 aliphatic heterocycles. The predicted octanol–water partition coefficient (Wildman–Crippen LogP) is 1.93. The summed E-state index contributed by atoms with van der Waals surface area (Å²) in [6.07, 6.45) is 1.24. The largest absolute Gasteiger partial charge is 0.326 e. The van der Waals surface area contributed by atoms with Gasteiger partial charge in [0.1, 0.15) is 0 Å². The van der Waals surface area contributed by atoms with Crippen LogP contribution < -0.4 is 5.73 Å². The lowest BCUT2D eigenvalue weighted by Gasteiger charge is -2.20. The topological polar surface area (TPSA) is 32.5 Å². The van der Waals surface area contributed by atoms with Gasteiger partial charge in [-0.3, -0.25) is 4.90 Å². The van der Waals surface area contributed by atoms with Crippen molar-refractivity contribution in [3.8, 4) is 0 Å². The highest BCUT2D eigenvalue weighted by Crippen LogP contribution is 2.22. The fourth-order valence-electron chi connectivity index (χ4n) is 2.46. The summed E-state index contributed by atoms with van der Waals surface area (Å²) in [5, 5.41) is 0.839. The number of halogens is 1. The number of likely N-dealkylation sites (tertiary alicyclic amines) is 1. The summed E-state index contributed by atoms with van der Waals surface area (Å²) in [5.41, 5.74) is 7.91. The van der Waals surface area contributed by atoms with Crippen LogP contribution in [0.4, 0.5) is 0 Å². The number of rotatable bonds is 4. The van der Waals surface area contributed by atoms with Gasteiger partial charge >= 0.3 is 0 Å². The van der Waals surface area contributed by atoms with E-state index in [0.29, 0.717) is 12.6 Å². The van der Waals surface area contributed by atoms with E-state index in [0.717, 1.165) is 30.2 Å². The van der Waals surface area contributed by atoms with Crippen molar-refractivity contribution in [1.29, 1.82) is 0 Å². The Balaban J connectivity index is 1.98. The highest BCUT2D eigenvalue weighted by atomic mass is 35.5. The molecule has 100 valence electrons. The average molecular weight is 268 g/mol. The van der Waals surface area contributed by atoms with Gasteiger partial charge in [-0.2, -0.15) is 0 Å². The molecule has 0 spiro atoms. The molecular formula is C14H22ClN3. The molecule has 1 aliphatic rings. The molecule has 0 amide bonds.